The lowest BCUT2D eigenvalue weighted by Gasteiger charge is -2.25. The monoisotopic (exact) mass is 265 g/mol. The standard InChI is InChI=1S/C9H15NO6S/c11-6(2-1-3-8(12,13)14)9(15,16)7-10-4-5-17-7/h4-6,11-16H,1-3H2. The van der Waals surface area contributed by atoms with E-state index in [0.717, 1.165) is 11.3 Å². The Balaban J connectivity index is 2.50. The maximum atomic E-state index is 9.64. The zero-order valence-corrected chi connectivity index (χ0v) is 9.71. The molecule has 1 unspecified atom stereocenters. The molecule has 8 heteroatoms. The number of rotatable bonds is 6. The third-order valence-electron chi connectivity index (χ3n) is 2.20. The molecule has 1 aromatic heterocycles. The van der Waals surface area contributed by atoms with Crippen molar-refractivity contribution in [2.75, 3.05) is 0 Å². The van der Waals surface area contributed by atoms with E-state index in [1.807, 2.05) is 0 Å². The molecule has 0 radical (unpaired) electrons. The zero-order valence-electron chi connectivity index (χ0n) is 8.89. The molecular formula is C9H15NO6S. The van der Waals surface area contributed by atoms with E-state index in [9.17, 15) is 15.3 Å². The summed E-state index contributed by atoms with van der Waals surface area (Å²) in [5, 5.41) is 56.2. The van der Waals surface area contributed by atoms with Gasteiger partial charge in [0.05, 0.1) is 0 Å². The summed E-state index contributed by atoms with van der Waals surface area (Å²) in [4.78, 5) is 3.68. The Hall–Kier alpha value is -0.610. The maximum absolute atomic E-state index is 9.64. The first-order valence-corrected chi connectivity index (χ1v) is 5.81. The van der Waals surface area contributed by atoms with Gasteiger partial charge in [-0.2, -0.15) is 0 Å². The summed E-state index contributed by atoms with van der Waals surface area (Å²) >= 11 is 0.978. The zero-order chi connectivity index (χ0) is 13.1. The van der Waals surface area contributed by atoms with Gasteiger partial charge in [0, 0.05) is 18.0 Å². The normalized spacial score (nSPS) is 14.9. The van der Waals surface area contributed by atoms with Crippen LogP contribution in [0.4, 0.5) is 0 Å². The second-order valence-electron chi connectivity index (χ2n) is 3.75. The second-order valence-corrected chi connectivity index (χ2v) is 4.64. The van der Waals surface area contributed by atoms with Crippen LogP contribution in [-0.4, -0.2) is 47.7 Å². The number of aliphatic hydroxyl groups is 6. The first-order valence-electron chi connectivity index (χ1n) is 4.93. The smallest absolute Gasteiger partial charge is 0.275 e. The van der Waals surface area contributed by atoms with Crippen molar-refractivity contribution in [2.45, 2.75) is 37.1 Å². The molecular weight excluding hydrogens is 250 g/mol. The SMILES string of the molecule is OC(CCCC(O)(O)O)C(O)(O)c1nccs1. The molecule has 6 N–H and O–H groups in total. The summed E-state index contributed by atoms with van der Waals surface area (Å²) in [5.41, 5.74) is 0. The van der Waals surface area contributed by atoms with Crippen LogP contribution in [0.25, 0.3) is 0 Å². The third-order valence-corrected chi connectivity index (χ3v) is 3.09. The highest BCUT2D eigenvalue weighted by Crippen LogP contribution is 2.27. The van der Waals surface area contributed by atoms with Crippen LogP contribution >= 0.6 is 11.3 Å². The molecule has 0 bridgehead atoms. The minimum absolute atomic E-state index is 0.00108. The number of hydrogen-bond donors (Lipinski definition) is 6. The molecule has 0 saturated heterocycles. The van der Waals surface area contributed by atoms with Gasteiger partial charge in [-0.1, -0.05) is 0 Å². The number of nitrogens with zero attached hydrogens (tertiary/aromatic N) is 1. The maximum Gasteiger partial charge on any atom is 0.275 e. The summed E-state index contributed by atoms with van der Waals surface area (Å²) in [5.74, 6) is -5.29. The van der Waals surface area contributed by atoms with Gasteiger partial charge in [-0.05, 0) is 12.8 Å². The molecule has 0 aliphatic rings. The minimum Gasteiger partial charge on any atom is -0.387 e. The van der Waals surface area contributed by atoms with E-state index in [2.05, 4.69) is 4.98 Å². The molecule has 1 rings (SSSR count). The number of aliphatic hydroxyl groups excluding tert-OH is 1. The van der Waals surface area contributed by atoms with Crippen LogP contribution in [0.1, 0.15) is 24.3 Å². The lowest BCUT2D eigenvalue weighted by atomic mass is 10.0. The Bertz CT molecular complexity index is 334. The van der Waals surface area contributed by atoms with Crippen LogP contribution in [0.2, 0.25) is 0 Å². The predicted octanol–water partition coefficient (Wildman–Crippen LogP) is -1.56. The van der Waals surface area contributed by atoms with Crippen molar-refractivity contribution < 1.29 is 30.6 Å². The Morgan fingerprint density at radius 1 is 1.24 bits per heavy atom. The summed E-state index contributed by atoms with van der Waals surface area (Å²) in [6.07, 6.45) is -0.697. The van der Waals surface area contributed by atoms with Crippen LogP contribution < -0.4 is 0 Å². The van der Waals surface area contributed by atoms with E-state index >= 15 is 0 Å². The first kappa shape index (κ1) is 14.5. The molecule has 7 nitrogen and oxygen atoms in total. The minimum atomic E-state index is -2.81. The van der Waals surface area contributed by atoms with Crippen LogP contribution in [0.3, 0.4) is 0 Å². The summed E-state index contributed by atoms with van der Waals surface area (Å²) in [6.45, 7) is 0. The van der Waals surface area contributed by atoms with Crippen molar-refractivity contribution in [2.24, 2.45) is 0 Å². The topological polar surface area (TPSA) is 134 Å². The molecule has 0 amide bonds. The third kappa shape index (κ3) is 4.28. The van der Waals surface area contributed by atoms with Crippen LogP contribution in [0.5, 0.6) is 0 Å². The lowest BCUT2D eigenvalue weighted by molar-refractivity contribution is -0.316. The summed E-state index contributed by atoms with van der Waals surface area (Å²) in [7, 11) is 0. The van der Waals surface area contributed by atoms with Gasteiger partial charge in [0.25, 0.3) is 5.97 Å². The van der Waals surface area contributed by atoms with E-state index < -0.39 is 24.3 Å². The quantitative estimate of drug-likeness (QED) is 0.343. The fourth-order valence-corrected chi connectivity index (χ4v) is 1.96. The molecule has 1 aromatic rings. The van der Waals surface area contributed by atoms with E-state index in [4.69, 9.17) is 15.3 Å². The van der Waals surface area contributed by atoms with E-state index in [0.29, 0.717) is 0 Å². The molecule has 0 spiro atoms. The highest BCUT2D eigenvalue weighted by molar-refractivity contribution is 7.09. The van der Waals surface area contributed by atoms with E-state index in [1.54, 1.807) is 0 Å². The fourth-order valence-electron chi connectivity index (χ4n) is 1.28. The van der Waals surface area contributed by atoms with Gasteiger partial charge >= 0.3 is 0 Å². The average molecular weight is 265 g/mol. The largest absolute Gasteiger partial charge is 0.387 e. The molecule has 0 saturated carbocycles. The Morgan fingerprint density at radius 3 is 2.35 bits per heavy atom. The van der Waals surface area contributed by atoms with Crippen molar-refractivity contribution in [3.05, 3.63) is 16.6 Å². The van der Waals surface area contributed by atoms with Crippen LogP contribution in [0, 0.1) is 0 Å². The van der Waals surface area contributed by atoms with Gasteiger partial charge in [-0.15, -0.1) is 11.3 Å². The highest BCUT2D eigenvalue weighted by Gasteiger charge is 2.37. The van der Waals surface area contributed by atoms with Gasteiger partial charge in [0.15, 0.2) is 5.01 Å². The Morgan fingerprint density at radius 2 is 1.88 bits per heavy atom. The Kier molecular flexibility index (Phi) is 4.55. The molecule has 0 aliphatic heterocycles. The molecule has 0 aliphatic carbocycles. The highest BCUT2D eigenvalue weighted by atomic mass is 32.1. The second kappa shape index (κ2) is 5.36. The first-order chi connectivity index (χ1) is 7.73. The van der Waals surface area contributed by atoms with Gasteiger partial charge in [-0.25, -0.2) is 4.98 Å². The number of thiazole rings is 1. The molecule has 17 heavy (non-hydrogen) atoms. The Labute approximate surface area is 101 Å². The molecule has 1 heterocycles. The van der Waals surface area contributed by atoms with E-state index in [1.165, 1.54) is 11.6 Å². The summed E-state index contributed by atoms with van der Waals surface area (Å²) < 4.78 is 0. The fraction of sp³-hybridized carbons (Fsp3) is 0.667. The van der Waals surface area contributed by atoms with E-state index in [-0.39, 0.29) is 17.8 Å². The van der Waals surface area contributed by atoms with Gasteiger partial charge in [-0.3, -0.25) is 0 Å². The van der Waals surface area contributed by atoms with Crippen molar-refractivity contribution in [3.63, 3.8) is 0 Å². The molecule has 98 valence electrons. The lowest BCUT2D eigenvalue weighted by Crippen LogP contribution is -2.39. The predicted molar refractivity (Wildman–Crippen MR) is 57.5 cm³/mol. The van der Waals surface area contributed by atoms with Gasteiger partial charge in [0.1, 0.15) is 6.10 Å². The number of hydrogen-bond acceptors (Lipinski definition) is 8. The van der Waals surface area contributed by atoms with Crippen molar-refractivity contribution in [1.82, 2.24) is 4.98 Å². The van der Waals surface area contributed by atoms with Crippen molar-refractivity contribution >= 4 is 11.3 Å². The number of aromatic nitrogens is 1. The van der Waals surface area contributed by atoms with Gasteiger partial charge < -0.3 is 30.6 Å². The van der Waals surface area contributed by atoms with Crippen LogP contribution in [0.15, 0.2) is 11.6 Å². The molecule has 0 fully saturated rings. The van der Waals surface area contributed by atoms with Crippen molar-refractivity contribution in [3.8, 4) is 0 Å². The molecule has 0 aromatic carbocycles. The van der Waals surface area contributed by atoms with Gasteiger partial charge in [0.2, 0.25) is 5.79 Å². The average Bonchev–Trinajstić information content (AvgIpc) is 2.68. The summed E-state index contributed by atoms with van der Waals surface area (Å²) in [6, 6.07) is 0. The molecule has 1 atom stereocenters. The van der Waals surface area contributed by atoms with Crippen molar-refractivity contribution in [1.29, 1.82) is 0 Å². The van der Waals surface area contributed by atoms with Crippen LogP contribution in [-0.2, 0) is 5.79 Å².